The lowest BCUT2D eigenvalue weighted by Crippen LogP contribution is -2.21. The summed E-state index contributed by atoms with van der Waals surface area (Å²) in [7, 11) is 1.49. The summed E-state index contributed by atoms with van der Waals surface area (Å²) >= 11 is 0. The van der Waals surface area contributed by atoms with E-state index >= 15 is 0 Å². The second kappa shape index (κ2) is 6.01. The lowest BCUT2D eigenvalue weighted by molar-refractivity contribution is 0.291. The van der Waals surface area contributed by atoms with Gasteiger partial charge in [-0.05, 0) is 24.9 Å². The van der Waals surface area contributed by atoms with Crippen molar-refractivity contribution in [3.05, 3.63) is 29.6 Å². The molecule has 1 aliphatic rings. The van der Waals surface area contributed by atoms with E-state index in [4.69, 9.17) is 4.74 Å². The average molecular weight is 237 g/mol. The predicted molar refractivity (Wildman–Crippen MR) is 66.6 cm³/mol. The van der Waals surface area contributed by atoms with Gasteiger partial charge in [-0.25, -0.2) is 4.39 Å². The normalized spacial score (nSPS) is 15.6. The maximum atomic E-state index is 13.8. The van der Waals surface area contributed by atoms with Crippen molar-refractivity contribution >= 4 is 0 Å². The van der Waals surface area contributed by atoms with Gasteiger partial charge >= 0.3 is 0 Å². The molecule has 0 aliphatic heterocycles. The van der Waals surface area contributed by atoms with Crippen LogP contribution in [0.25, 0.3) is 0 Å². The van der Waals surface area contributed by atoms with Crippen LogP contribution < -0.4 is 10.1 Å². The minimum Gasteiger partial charge on any atom is -0.494 e. The fourth-order valence-electron chi connectivity index (χ4n) is 2.16. The molecule has 0 aromatic heterocycles. The van der Waals surface area contributed by atoms with Crippen molar-refractivity contribution in [3.8, 4) is 5.75 Å². The van der Waals surface area contributed by atoms with Gasteiger partial charge in [-0.3, -0.25) is 0 Å². The molecular formula is C14H20FNO. The fraction of sp³-hybridized carbons (Fsp3) is 0.571. The van der Waals surface area contributed by atoms with Crippen LogP contribution in [0, 0.1) is 11.7 Å². The highest BCUT2D eigenvalue weighted by Gasteiger charge is 2.16. The molecule has 0 heterocycles. The zero-order chi connectivity index (χ0) is 12.1. The van der Waals surface area contributed by atoms with Gasteiger partial charge in [0, 0.05) is 12.1 Å². The number of hydrogen-bond donors (Lipinski definition) is 1. The van der Waals surface area contributed by atoms with Crippen molar-refractivity contribution in [1.29, 1.82) is 0 Å². The Kier molecular flexibility index (Phi) is 4.37. The summed E-state index contributed by atoms with van der Waals surface area (Å²) in [6.45, 7) is 1.55. The Hall–Kier alpha value is -1.09. The third-order valence-electron chi connectivity index (χ3n) is 3.53. The number of halogens is 1. The van der Waals surface area contributed by atoms with Gasteiger partial charge in [0.25, 0.3) is 0 Å². The summed E-state index contributed by atoms with van der Waals surface area (Å²) in [6, 6.07) is 5.27. The van der Waals surface area contributed by atoms with Gasteiger partial charge in [0.1, 0.15) is 0 Å². The smallest absolute Gasteiger partial charge is 0.169 e. The average Bonchev–Trinajstić information content (AvgIpc) is 2.28. The molecule has 0 bridgehead atoms. The molecule has 1 N–H and O–H groups in total. The lowest BCUT2D eigenvalue weighted by atomic mass is 9.83. The van der Waals surface area contributed by atoms with Crippen molar-refractivity contribution in [2.75, 3.05) is 13.7 Å². The van der Waals surface area contributed by atoms with E-state index in [0.717, 1.165) is 12.5 Å². The highest BCUT2D eigenvalue weighted by molar-refractivity contribution is 5.30. The van der Waals surface area contributed by atoms with E-state index in [1.807, 2.05) is 6.07 Å². The summed E-state index contributed by atoms with van der Waals surface area (Å²) in [6.07, 6.45) is 5.34. The molecule has 1 aliphatic carbocycles. The number of nitrogens with one attached hydrogen (secondary N) is 1. The quantitative estimate of drug-likeness (QED) is 0.768. The Morgan fingerprint density at radius 2 is 2.24 bits per heavy atom. The molecule has 3 heteroatoms. The highest BCUT2D eigenvalue weighted by Crippen LogP contribution is 2.28. The molecule has 1 fully saturated rings. The van der Waals surface area contributed by atoms with Crippen LogP contribution in [0.15, 0.2) is 18.2 Å². The first-order valence-electron chi connectivity index (χ1n) is 6.33. The van der Waals surface area contributed by atoms with E-state index in [0.29, 0.717) is 17.9 Å². The molecule has 2 rings (SSSR count). The Morgan fingerprint density at radius 3 is 2.88 bits per heavy atom. The van der Waals surface area contributed by atoms with Gasteiger partial charge in [-0.1, -0.05) is 31.4 Å². The van der Waals surface area contributed by atoms with Crippen molar-refractivity contribution < 1.29 is 9.13 Å². The lowest BCUT2D eigenvalue weighted by Gasteiger charge is -2.25. The van der Waals surface area contributed by atoms with Crippen LogP contribution in [-0.2, 0) is 6.54 Å². The summed E-state index contributed by atoms with van der Waals surface area (Å²) in [5, 5.41) is 3.30. The molecular weight excluding hydrogens is 217 g/mol. The van der Waals surface area contributed by atoms with Crippen molar-refractivity contribution in [2.24, 2.45) is 5.92 Å². The fourth-order valence-corrected chi connectivity index (χ4v) is 2.16. The van der Waals surface area contributed by atoms with E-state index in [9.17, 15) is 4.39 Å². The molecule has 1 saturated carbocycles. The van der Waals surface area contributed by atoms with Crippen LogP contribution in [0.4, 0.5) is 4.39 Å². The highest BCUT2D eigenvalue weighted by atomic mass is 19.1. The van der Waals surface area contributed by atoms with Crippen LogP contribution in [0.2, 0.25) is 0 Å². The van der Waals surface area contributed by atoms with Crippen molar-refractivity contribution in [1.82, 2.24) is 5.32 Å². The minimum absolute atomic E-state index is 0.244. The van der Waals surface area contributed by atoms with Crippen LogP contribution in [0.3, 0.4) is 0 Å². The van der Waals surface area contributed by atoms with Gasteiger partial charge < -0.3 is 10.1 Å². The second-order valence-electron chi connectivity index (χ2n) is 4.70. The largest absolute Gasteiger partial charge is 0.494 e. The Balaban J connectivity index is 1.77. The van der Waals surface area contributed by atoms with Gasteiger partial charge in [0.15, 0.2) is 11.6 Å². The van der Waals surface area contributed by atoms with Crippen LogP contribution in [0.1, 0.15) is 31.2 Å². The maximum Gasteiger partial charge on any atom is 0.169 e. The van der Waals surface area contributed by atoms with Crippen LogP contribution in [-0.4, -0.2) is 13.7 Å². The first-order chi connectivity index (χ1) is 8.31. The minimum atomic E-state index is -0.244. The number of rotatable bonds is 6. The zero-order valence-corrected chi connectivity index (χ0v) is 10.3. The maximum absolute atomic E-state index is 13.8. The summed E-state index contributed by atoms with van der Waals surface area (Å²) in [4.78, 5) is 0. The Morgan fingerprint density at radius 1 is 1.41 bits per heavy atom. The third-order valence-corrected chi connectivity index (χ3v) is 3.53. The molecule has 0 unspecified atom stereocenters. The summed E-state index contributed by atoms with van der Waals surface area (Å²) in [5.41, 5.74) is 0.679. The first-order valence-corrected chi connectivity index (χ1v) is 6.33. The van der Waals surface area contributed by atoms with Gasteiger partial charge in [0.05, 0.1) is 7.11 Å². The molecule has 0 saturated heterocycles. The van der Waals surface area contributed by atoms with Crippen molar-refractivity contribution in [2.45, 2.75) is 32.2 Å². The Bertz CT molecular complexity index is 363. The SMILES string of the molecule is COc1cccc(CNCCC2CCC2)c1F. The zero-order valence-electron chi connectivity index (χ0n) is 10.3. The van der Waals surface area contributed by atoms with Gasteiger partial charge in [0.2, 0.25) is 0 Å². The number of ether oxygens (including phenoxy) is 1. The number of benzene rings is 1. The van der Waals surface area contributed by atoms with E-state index < -0.39 is 0 Å². The first kappa shape index (κ1) is 12.4. The molecule has 0 atom stereocenters. The van der Waals surface area contributed by atoms with E-state index in [1.165, 1.54) is 32.8 Å². The standard InChI is InChI=1S/C14H20FNO/c1-17-13-7-3-6-12(14(13)15)10-16-9-8-11-4-2-5-11/h3,6-7,11,16H,2,4-5,8-10H2,1H3. The molecule has 1 aromatic carbocycles. The van der Waals surface area contributed by atoms with E-state index in [1.54, 1.807) is 12.1 Å². The van der Waals surface area contributed by atoms with E-state index in [-0.39, 0.29) is 5.82 Å². The molecule has 2 nitrogen and oxygen atoms in total. The number of hydrogen-bond acceptors (Lipinski definition) is 2. The van der Waals surface area contributed by atoms with E-state index in [2.05, 4.69) is 5.32 Å². The molecule has 1 aromatic rings. The monoisotopic (exact) mass is 237 g/mol. The third kappa shape index (κ3) is 3.19. The number of methoxy groups -OCH3 is 1. The molecule has 94 valence electrons. The topological polar surface area (TPSA) is 21.3 Å². The van der Waals surface area contributed by atoms with Crippen molar-refractivity contribution in [3.63, 3.8) is 0 Å². The molecule has 0 spiro atoms. The Labute approximate surface area is 102 Å². The molecule has 17 heavy (non-hydrogen) atoms. The van der Waals surface area contributed by atoms with Crippen LogP contribution in [0.5, 0.6) is 5.75 Å². The molecule has 0 amide bonds. The summed E-state index contributed by atoms with van der Waals surface area (Å²) < 4.78 is 18.7. The van der Waals surface area contributed by atoms with Gasteiger partial charge in [-0.15, -0.1) is 0 Å². The van der Waals surface area contributed by atoms with Crippen LogP contribution >= 0.6 is 0 Å². The second-order valence-corrected chi connectivity index (χ2v) is 4.70. The summed E-state index contributed by atoms with van der Waals surface area (Å²) in [5.74, 6) is 0.979. The predicted octanol–water partition coefficient (Wildman–Crippen LogP) is 3.11. The molecule has 0 radical (unpaired) electrons. The van der Waals surface area contributed by atoms with Gasteiger partial charge in [-0.2, -0.15) is 0 Å².